The van der Waals surface area contributed by atoms with Crippen molar-refractivity contribution in [3.8, 4) is 0 Å². The lowest BCUT2D eigenvalue weighted by Gasteiger charge is -2.26. The number of fused-ring (bicyclic) bond motifs is 1. The fourth-order valence-corrected chi connectivity index (χ4v) is 4.63. The molecule has 4 rings (SSSR count). The molecule has 2 aromatic heterocycles. The van der Waals surface area contributed by atoms with Crippen LogP contribution < -0.4 is 5.32 Å². The van der Waals surface area contributed by atoms with Gasteiger partial charge in [-0.3, -0.25) is 14.8 Å². The average molecular weight is 469 g/mol. The molecule has 1 N–H and O–H groups in total. The molecular weight excluding hydrogens is 432 g/mol. The van der Waals surface area contributed by atoms with E-state index >= 15 is 0 Å². The zero-order valence-corrected chi connectivity index (χ0v) is 21.3. The Bertz CT molecular complexity index is 1060. The lowest BCUT2D eigenvalue weighted by molar-refractivity contribution is 0.0378. The van der Waals surface area contributed by atoms with Gasteiger partial charge in [-0.05, 0) is 19.0 Å². The lowest BCUT2D eigenvalue weighted by atomic mass is 10.2. The number of nitrogens with one attached hydrogen (secondary N) is 1. The summed E-state index contributed by atoms with van der Waals surface area (Å²) < 4.78 is 13.7. The van der Waals surface area contributed by atoms with Crippen LogP contribution >= 0.6 is 0 Å². The molecule has 1 aliphatic heterocycles. The van der Waals surface area contributed by atoms with Gasteiger partial charge in [-0.1, -0.05) is 37.8 Å². The molecule has 8 nitrogen and oxygen atoms in total. The molecule has 178 valence electrons. The summed E-state index contributed by atoms with van der Waals surface area (Å²) in [6.45, 7) is 14.9. The van der Waals surface area contributed by atoms with Crippen molar-refractivity contribution in [3.05, 3.63) is 41.9 Å². The highest BCUT2D eigenvalue weighted by Crippen LogP contribution is 2.21. The minimum Gasteiger partial charge on any atom is -0.379 e. The predicted molar refractivity (Wildman–Crippen MR) is 135 cm³/mol. The van der Waals surface area contributed by atoms with Crippen molar-refractivity contribution in [2.45, 2.75) is 45.8 Å². The van der Waals surface area contributed by atoms with Gasteiger partial charge in [0.15, 0.2) is 0 Å². The maximum Gasteiger partial charge on any atom is 0.230 e. The second-order valence-corrected chi connectivity index (χ2v) is 15.4. The van der Waals surface area contributed by atoms with Crippen LogP contribution in [0.3, 0.4) is 0 Å². The molecule has 0 radical (unpaired) electrons. The number of aromatic nitrogens is 4. The SMILES string of the molecule is Cc1nc(Nc2ncc(CCN3CCOCC3)n2COCC[Si](C)(C)C)nc2ccccc12. The fraction of sp³-hybridized carbons (Fsp3) is 0.542. The number of hydrogen-bond donors (Lipinski definition) is 1. The first kappa shape index (κ1) is 23.8. The Morgan fingerprint density at radius 2 is 1.91 bits per heavy atom. The third kappa shape index (κ3) is 6.60. The summed E-state index contributed by atoms with van der Waals surface area (Å²) in [7, 11) is -1.14. The van der Waals surface area contributed by atoms with Crippen molar-refractivity contribution in [3.63, 3.8) is 0 Å². The van der Waals surface area contributed by atoms with Gasteiger partial charge in [-0.15, -0.1) is 0 Å². The quantitative estimate of drug-likeness (QED) is 0.355. The minimum atomic E-state index is -1.14. The Labute approximate surface area is 197 Å². The van der Waals surface area contributed by atoms with Crippen molar-refractivity contribution in [2.75, 3.05) is 44.8 Å². The Morgan fingerprint density at radius 1 is 1.12 bits per heavy atom. The first-order valence-corrected chi connectivity index (χ1v) is 15.5. The van der Waals surface area contributed by atoms with E-state index in [9.17, 15) is 0 Å². The van der Waals surface area contributed by atoms with Crippen LogP contribution in [-0.2, 0) is 22.6 Å². The summed E-state index contributed by atoms with van der Waals surface area (Å²) in [5.74, 6) is 1.27. The monoisotopic (exact) mass is 468 g/mol. The molecule has 33 heavy (non-hydrogen) atoms. The maximum atomic E-state index is 6.10. The van der Waals surface area contributed by atoms with Gasteiger partial charge in [-0.2, -0.15) is 0 Å². The van der Waals surface area contributed by atoms with Crippen LogP contribution in [0.1, 0.15) is 11.4 Å². The molecule has 1 saturated heterocycles. The van der Waals surface area contributed by atoms with Gasteiger partial charge >= 0.3 is 0 Å². The largest absolute Gasteiger partial charge is 0.379 e. The maximum absolute atomic E-state index is 6.10. The summed E-state index contributed by atoms with van der Waals surface area (Å²) in [5.41, 5.74) is 3.01. The molecule has 0 amide bonds. The van der Waals surface area contributed by atoms with Crippen LogP contribution in [0.2, 0.25) is 25.7 Å². The highest BCUT2D eigenvalue weighted by Gasteiger charge is 2.17. The van der Waals surface area contributed by atoms with E-state index in [0.717, 1.165) is 80.2 Å². The number of imidazole rings is 1. The topological polar surface area (TPSA) is 77.3 Å². The number of ether oxygens (including phenoxy) is 2. The van der Waals surface area contributed by atoms with E-state index < -0.39 is 8.07 Å². The second kappa shape index (κ2) is 10.7. The summed E-state index contributed by atoms with van der Waals surface area (Å²) >= 11 is 0. The first-order chi connectivity index (χ1) is 15.9. The summed E-state index contributed by atoms with van der Waals surface area (Å²) in [6, 6.07) is 9.20. The summed E-state index contributed by atoms with van der Waals surface area (Å²) in [5, 5.41) is 4.41. The first-order valence-electron chi connectivity index (χ1n) is 11.8. The van der Waals surface area contributed by atoms with Crippen molar-refractivity contribution in [1.29, 1.82) is 0 Å². The number of aryl methyl sites for hydroxylation is 1. The van der Waals surface area contributed by atoms with E-state index in [1.54, 1.807) is 0 Å². The third-order valence-electron chi connectivity index (χ3n) is 5.96. The van der Waals surface area contributed by atoms with Gasteiger partial charge in [0.2, 0.25) is 11.9 Å². The lowest BCUT2D eigenvalue weighted by Crippen LogP contribution is -2.37. The summed E-state index contributed by atoms with van der Waals surface area (Å²) in [4.78, 5) is 16.5. The number of morpholine rings is 1. The number of rotatable bonds is 10. The average Bonchev–Trinajstić information content (AvgIpc) is 3.16. The molecule has 0 bridgehead atoms. The molecule has 1 aliphatic rings. The van der Waals surface area contributed by atoms with Gasteiger partial charge in [-0.25, -0.2) is 15.0 Å². The molecule has 9 heteroatoms. The molecular formula is C24H36N6O2Si. The van der Waals surface area contributed by atoms with E-state index in [0.29, 0.717) is 12.7 Å². The highest BCUT2D eigenvalue weighted by atomic mass is 28.3. The van der Waals surface area contributed by atoms with E-state index in [1.165, 1.54) is 0 Å². The van der Waals surface area contributed by atoms with Crippen LogP contribution in [0.5, 0.6) is 0 Å². The molecule has 3 heterocycles. The van der Waals surface area contributed by atoms with E-state index in [-0.39, 0.29) is 0 Å². The Kier molecular flexibility index (Phi) is 7.74. The minimum absolute atomic E-state index is 0.470. The highest BCUT2D eigenvalue weighted by molar-refractivity contribution is 6.76. The van der Waals surface area contributed by atoms with E-state index in [2.05, 4.69) is 44.4 Å². The zero-order chi connectivity index (χ0) is 23.3. The number of hydrogen-bond acceptors (Lipinski definition) is 7. The van der Waals surface area contributed by atoms with Gasteiger partial charge in [0.05, 0.1) is 30.6 Å². The van der Waals surface area contributed by atoms with Crippen molar-refractivity contribution >= 4 is 30.9 Å². The van der Waals surface area contributed by atoms with Crippen LogP contribution in [0.15, 0.2) is 30.5 Å². The molecule has 0 atom stereocenters. The molecule has 0 aliphatic carbocycles. The molecule has 0 spiro atoms. The van der Waals surface area contributed by atoms with Crippen molar-refractivity contribution in [1.82, 2.24) is 24.4 Å². The molecule has 0 unspecified atom stereocenters. The van der Waals surface area contributed by atoms with Crippen molar-refractivity contribution in [2.24, 2.45) is 0 Å². The smallest absolute Gasteiger partial charge is 0.230 e. The Hall–Kier alpha value is -2.33. The standard InChI is InChI=1S/C24H36N6O2Si/c1-19-21-7-5-6-8-22(21)27-23(26-19)28-24-25-17-20(9-10-29-11-13-31-14-12-29)30(24)18-32-15-16-33(2,3)4/h5-8,17H,9-16,18H2,1-4H3,(H,25,26,27,28). The van der Waals surface area contributed by atoms with Gasteiger partial charge < -0.3 is 9.47 Å². The summed E-state index contributed by atoms with van der Waals surface area (Å²) in [6.07, 6.45) is 2.85. The zero-order valence-electron chi connectivity index (χ0n) is 20.3. The Balaban J connectivity index is 1.51. The number of anilines is 2. The second-order valence-electron chi connectivity index (χ2n) is 9.83. The van der Waals surface area contributed by atoms with Gasteiger partial charge in [0.25, 0.3) is 0 Å². The van der Waals surface area contributed by atoms with Gasteiger partial charge in [0, 0.05) is 51.8 Å². The van der Waals surface area contributed by atoms with Crippen LogP contribution in [-0.4, -0.2) is 71.9 Å². The number of para-hydroxylation sites is 1. The fourth-order valence-electron chi connectivity index (χ4n) is 3.88. The molecule has 1 fully saturated rings. The van der Waals surface area contributed by atoms with Crippen LogP contribution in [0.25, 0.3) is 10.9 Å². The normalized spacial score (nSPS) is 15.3. The molecule has 0 saturated carbocycles. The third-order valence-corrected chi connectivity index (χ3v) is 7.66. The number of benzene rings is 1. The van der Waals surface area contributed by atoms with Crippen LogP contribution in [0.4, 0.5) is 11.9 Å². The Morgan fingerprint density at radius 3 is 2.70 bits per heavy atom. The predicted octanol–water partition coefficient (Wildman–Crippen LogP) is 4.07. The van der Waals surface area contributed by atoms with Crippen LogP contribution in [0, 0.1) is 6.92 Å². The number of nitrogens with zero attached hydrogens (tertiary/aromatic N) is 5. The molecule has 1 aromatic carbocycles. The van der Waals surface area contributed by atoms with E-state index in [4.69, 9.17) is 14.5 Å². The van der Waals surface area contributed by atoms with Gasteiger partial charge in [0.1, 0.15) is 6.73 Å². The van der Waals surface area contributed by atoms with Crippen molar-refractivity contribution < 1.29 is 9.47 Å². The van der Waals surface area contributed by atoms with E-state index in [1.807, 2.05) is 37.4 Å². The molecule has 3 aromatic rings.